The summed E-state index contributed by atoms with van der Waals surface area (Å²) in [5.41, 5.74) is -0.472. The molecule has 0 fully saturated rings. The van der Waals surface area contributed by atoms with Gasteiger partial charge in [-0.15, -0.1) is 11.3 Å². The minimum Gasteiger partial charge on any atom is -0.305 e. The van der Waals surface area contributed by atoms with Gasteiger partial charge in [-0.1, -0.05) is 18.2 Å². The molecule has 1 aliphatic rings. The number of benzene rings is 1. The number of halogens is 3. The molecule has 0 bridgehead atoms. The highest BCUT2D eigenvalue weighted by Crippen LogP contribution is 2.35. The maximum absolute atomic E-state index is 13.2. The van der Waals surface area contributed by atoms with Crippen molar-refractivity contribution in [2.75, 3.05) is 0 Å². The number of aryl methyl sites for hydroxylation is 2. The van der Waals surface area contributed by atoms with E-state index in [-0.39, 0.29) is 22.5 Å². The van der Waals surface area contributed by atoms with E-state index in [1.54, 1.807) is 0 Å². The number of alkyl halides is 3. The molecule has 4 rings (SSSR count). The standard InChI is InChI=1S/C20H14F3N3OS/c21-20(22,23)14-7-3-1-5-11(14)9-12(10-24)17-25-18(27)16-13-6-2-4-8-15(13)28-19(16)26-17/h1,3,5,7,9H,2,4,6,8H2,(H,25,26,27). The smallest absolute Gasteiger partial charge is 0.305 e. The van der Waals surface area contributed by atoms with Crippen molar-refractivity contribution in [3.63, 3.8) is 0 Å². The number of nitrogens with one attached hydrogen (secondary N) is 1. The maximum atomic E-state index is 13.2. The highest BCUT2D eigenvalue weighted by molar-refractivity contribution is 7.18. The number of rotatable bonds is 2. The lowest BCUT2D eigenvalue weighted by atomic mass is 9.97. The van der Waals surface area contributed by atoms with Crippen LogP contribution in [0, 0.1) is 11.3 Å². The largest absolute Gasteiger partial charge is 0.416 e. The van der Waals surface area contributed by atoms with Crippen molar-refractivity contribution >= 4 is 33.2 Å². The van der Waals surface area contributed by atoms with Gasteiger partial charge in [0.25, 0.3) is 5.56 Å². The molecule has 0 atom stereocenters. The topological polar surface area (TPSA) is 69.5 Å². The van der Waals surface area contributed by atoms with E-state index in [0.29, 0.717) is 10.2 Å². The number of hydrogen-bond donors (Lipinski definition) is 1. The van der Waals surface area contributed by atoms with Crippen LogP contribution in [0.5, 0.6) is 0 Å². The first kappa shape index (κ1) is 18.4. The second-order valence-corrected chi connectivity index (χ2v) is 7.64. The molecule has 0 saturated carbocycles. The number of allylic oxidation sites excluding steroid dienone is 1. The number of H-pyrrole nitrogens is 1. The van der Waals surface area contributed by atoms with Crippen molar-refractivity contribution in [1.29, 1.82) is 5.26 Å². The number of nitriles is 1. The molecule has 0 aliphatic heterocycles. The lowest BCUT2D eigenvalue weighted by molar-refractivity contribution is -0.137. The molecule has 3 aromatic rings. The molecular formula is C20H14F3N3OS. The van der Waals surface area contributed by atoms with Crippen LogP contribution >= 0.6 is 11.3 Å². The number of aromatic amines is 1. The Bertz CT molecular complexity index is 1200. The van der Waals surface area contributed by atoms with Crippen LogP contribution < -0.4 is 5.56 Å². The molecule has 28 heavy (non-hydrogen) atoms. The van der Waals surface area contributed by atoms with Crippen LogP contribution in [0.25, 0.3) is 21.9 Å². The third kappa shape index (κ3) is 3.22. The van der Waals surface area contributed by atoms with Crippen molar-refractivity contribution in [2.24, 2.45) is 0 Å². The Morgan fingerprint density at radius 3 is 2.75 bits per heavy atom. The monoisotopic (exact) mass is 401 g/mol. The van der Waals surface area contributed by atoms with Gasteiger partial charge in [-0.3, -0.25) is 4.79 Å². The van der Waals surface area contributed by atoms with Crippen LogP contribution in [0.3, 0.4) is 0 Å². The summed E-state index contributed by atoms with van der Waals surface area (Å²) < 4.78 is 39.7. The lowest BCUT2D eigenvalue weighted by Crippen LogP contribution is -2.12. The molecule has 0 amide bonds. The third-order valence-electron chi connectivity index (χ3n) is 4.77. The molecule has 0 spiro atoms. The van der Waals surface area contributed by atoms with Crippen LogP contribution in [0.15, 0.2) is 29.1 Å². The summed E-state index contributed by atoms with van der Waals surface area (Å²) in [6.45, 7) is 0. The normalized spacial score (nSPS) is 14.7. The van der Waals surface area contributed by atoms with E-state index in [2.05, 4.69) is 9.97 Å². The quantitative estimate of drug-likeness (QED) is 0.618. The van der Waals surface area contributed by atoms with E-state index in [9.17, 15) is 23.2 Å². The molecule has 2 heterocycles. The first-order valence-electron chi connectivity index (χ1n) is 8.71. The fraction of sp³-hybridized carbons (Fsp3) is 0.250. The van der Waals surface area contributed by atoms with Crippen LogP contribution in [-0.2, 0) is 19.0 Å². The van der Waals surface area contributed by atoms with Gasteiger partial charge in [0.05, 0.1) is 16.5 Å². The molecule has 0 saturated heterocycles. The van der Waals surface area contributed by atoms with Gasteiger partial charge in [0.2, 0.25) is 0 Å². The molecule has 8 heteroatoms. The second-order valence-electron chi connectivity index (χ2n) is 6.56. The van der Waals surface area contributed by atoms with E-state index >= 15 is 0 Å². The first-order chi connectivity index (χ1) is 13.4. The van der Waals surface area contributed by atoms with Gasteiger partial charge in [0.15, 0.2) is 5.82 Å². The predicted octanol–water partition coefficient (Wildman–Crippen LogP) is 4.95. The first-order valence-corrected chi connectivity index (χ1v) is 9.53. The van der Waals surface area contributed by atoms with E-state index in [1.807, 2.05) is 6.07 Å². The molecule has 1 aliphatic carbocycles. The van der Waals surface area contributed by atoms with Gasteiger partial charge in [0, 0.05) is 4.88 Å². The maximum Gasteiger partial charge on any atom is 0.416 e. The van der Waals surface area contributed by atoms with Gasteiger partial charge in [-0.2, -0.15) is 18.4 Å². The Labute approximate surface area is 162 Å². The molecule has 0 unspecified atom stereocenters. The average Bonchev–Trinajstić information content (AvgIpc) is 3.04. The average molecular weight is 401 g/mol. The van der Waals surface area contributed by atoms with Crippen LogP contribution in [0.1, 0.15) is 40.2 Å². The Hall–Kier alpha value is -2.92. The van der Waals surface area contributed by atoms with Gasteiger partial charge in [0.1, 0.15) is 10.9 Å². The molecule has 2 aromatic heterocycles. The zero-order chi connectivity index (χ0) is 19.9. The zero-order valence-corrected chi connectivity index (χ0v) is 15.4. The molecule has 142 valence electrons. The van der Waals surface area contributed by atoms with E-state index in [0.717, 1.165) is 48.3 Å². The van der Waals surface area contributed by atoms with Crippen molar-refractivity contribution < 1.29 is 13.2 Å². The lowest BCUT2D eigenvalue weighted by Gasteiger charge is -2.10. The molecule has 1 aromatic carbocycles. The Balaban J connectivity index is 1.86. The molecular weight excluding hydrogens is 387 g/mol. The molecule has 0 radical (unpaired) electrons. The number of hydrogen-bond acceptors (Lipinski definition) is 4. The molecule has 1 N–H and O–H groups in total. The fourth-order valence-corrected chi connectivity index (χ4v) is 4.74. The highest BCUT2D eigenvalue weighted by Gasteiger charge is 2.32. The van der Waals surface area contributed by atoms with Crippen LogP contribution in [0.4, 0.5) is 13.2 Å². The van der Waals surface area contributed by atoms with Gasteiger partial charge in [-0.05, 0) is 49.0 Å². The Morgan fingerprint density at radius 1 is 1.25 bits per heavy atom. The third-order valence-corrected chi connectivity index (χ3v) is 5.95. The number of fused-ring (bicyclic) bond motifs is 3. The highest BCUT2D eigenvalue weighted by atomic mass is 32.1. The minimum atomic E-state index is -4.55. The summed E-state index contributed by atoms with van der Waals surface area (Å²) in [5, 5.41) is 10.0. The van der Waals surface area contributed by atoms with Crippen molar-refractivity contribution in [2.45, 2.75) is 31.9 Å². The Kier molecular flexibility index (Phi) is 4.55. The van der Waals surface area contributed by atoms with Gasteiger partial charge in [-0.25, -0.2) is 4.98 Å². The van der Waals surface area contributed by atoms with Crippen LogP contribution in [-0.4, -0.2) is 9.97 Å². The zero-order valence-electron chi connectivity index (χ0n) is 14.6. The predicted molar refractivity (Wildman–Crippen MR) is 102 cm³/mol. The summed E-state index contributed by atoms with van der Waals surface area (Å²) in [6, 6.07) is 6.84. The summed E-state index contributed by atoms with van der Waals surface area (Å²) in [5.74, 6) is -0.0180. The SMILES string of the molecule is N#CC(=Cc1ccccc1C(F)(F)F)c1nc2sc3c(c2c(=O)[nH]1)CCCC3. The van der Waals surface area contributed by atoms with E-state index < -0.39 is 11.7 Å². The number of aromatic nitrogens is 2. The number of thiophene rings is 1. The second kappa shape index (κ2) is 6.91. The van der Waals surface area contributed by atoms with Gasteiger partial charge >= 0.3 is 6.18 Å². The van der Waals surface area contributed by atoms with E-state index in [4.69, 9.17) is 0 Å². The van der Waals surface area contributed by atoms with Crippen molar-refractivity contribution in [1.82, 2.24) is 9.97 Å². The van der Waals surface area contributed by atoms with E-state index in [1.165, 1.54) is 29.5 Å². The summed E-state index contributed by atoms with van der Waals surface area (Å²) >= 11 is 1.42. The molecule has 4 nitrogen and oxygen atoms in total. The summed E-state index contributed by atoms with van der Waals surface area (Å²) in [6.07, 6.45) is 0.343. The van der Waals surface area contributed by atoms with Crippen molar-refractivity contribution in [3.05, 3.63) is 62.0 Å². The van der Waals surface area contributed by atoms with Crippen LogP contribution in [0.2, 0.25) is 0 Å². The summed E-state index contributed by atoms with van der Waals surface area (Å²) in [7, 11) is 0. The van der Waals surface area contributed by atoms with Crippen molar-refractivity contribution in [3.8, 4) is 6.07 Å². The number of nitrogens with zero attached hydrogens (tertiary/aromatic N) is 2. The minimum absolute atomic E-state index is 0.0180. The summed E-state index contributed by atoms with van der Waals surface area (Å²) in [4.78, 5) is 21.3. The Morgan fingerprint density at radius 2 is 2.00 bits per heavy atom. The van der Waals surface area contributed by atoms with Gasteiger partial charge < -0.3 is 4.98 Å². The fourth-order valence-electron chi connectivity index (χ4n) is 3.48.